The van der Waals surface area contributed by atoms with Crippen molar-refractivity contribution in [3.8, 4) is 0 Å². The Kier molecular flexibility index (Phi) is 2.84. The second kappa shape index (κ2) is 4.17. The summed E-state index contributed by atoms with van der Waals surface area (Å²) in [6.45, 7) is 0.0679. The van der Waals surface area contributed by atoms with Crippen molar-refractivity contribution in [2.75, 3.05) is 12.9 Å². The van der Waals surface area contributed by atoms with E-state index >= 15 is 0 Å². The molecule has 1 aromatic heterocycles. The van der Waals surface area contributed by atoms with Gasteiger partial charge in [0, 0.05) is 29.7 Å². The number of nitrogens with zero attached hydrogens (tertiary/aromatic N) is 2. The molecule has 2 N–H and O–H groups in total. The summed E-state index contributed by atoms with van der Waals surface area (Å²) in [7, 11) is -3.39. The normalized spacial score (nSPS) is 16.4. The van der Waals surface area contributed by atoms with Crippen LogP contribution in [0.3, 0.4) is 0 Å². The van der Waals surface area contributed by atoms with Gasteiger partial charge in [0.1, 0.15) is 12.5 Å². The van der Waals surface area contributed by atoms with E-state index in [0.717, 1.165) is 16.1 Å². The molecular weight excluding hydrogens is 240 g/mol. The SMILES string of the molecule is CS(=O)(=O)N1CNC(c2cccnc2)=CC1=N. The highest BCUT2D eigenvalue weighted by Crippen LogP contribution is 2.15. The molecular formula is C10H12N4O2S. The van der Waals surface area contributed by atoms with Gasteiger partial charge in [0.05, 0.1) is 6.26 Å². The monoisotopic (exact) mass is 252 g/mol. The van der Waals surface area contributed by atoms with E-state index in [1.807, 2.05) is 6.07 Å². The maximum absolute atomic E-state index is 11.3. The van der Waals surface area contributed by atoms with Crippen molar-refractivity contribution < 1.29 is 8.42 Å². The minimum absolute atomic E-state index is 0.0508. The van der Waals surface area contributed by atoms with Crippen LogP contribution in [-0.2, 0) is 10.0 Å². The van der Waals surface area contributed by atoms with Crippen molar-refractivity contribution in [2.45, 2.75) is 0 Å². The molecule has 0 aromatic carbocycles. The number of sulfonamides is 1. The Morgan fingerprint density at radius 2 is 2.29 bits per heavy atom. The van der Waals surface area contributed by atoms with E-state index in [2.05, 4.69) is 10.3 Å². The van der Waals surface area contributed by atoms with Crippen molar-refractivity contribution in [3.05, 3.63) is 36.2 Å². The zero-order chi connectivity index (χ0) is 12.5. The molecule has 0 saturated heterocycles. The van der Waals surface area contributed by atoms with E-state index in [4.69, 9.17) is 5.41 Å². The number of aromatic nitrogens is 1. The Bertz CT molecular complexity index is 565. The predicted octanol–water partition coefficient (Wildman–Crippen LogP) is 0.222. The molecule has 7 heteroatoms. The first-order chi connectivity index (χ1) is 7.98. The number of nitrogens with one attached hydrogen (secondary N) is 2. The standard InChI is InChI=1S/C10H12N4O2S/c1-17(15,16)14-7-13-9(5-10(14)11)8-3-2-4-12-6-8/h2-6,11,13H,7H2,1H3. The Morgan fingerprint density at radius 1 is 1.53 bits per heavy atom. The van der Waals surface area contributed by atoms with Crippen LogP contribution in [0.5, 0.6) is 0 Å². The third-order valence-electron chi connectivity index (χ3n) is 2.34. The van der Waals surface area contributed by atoms with E-state index < -0.39 is 10.0 Å². The molecule has 2 rings (SSSR count). The summed E-state index contributed by atoms with van der Waals surface area (Å²) in [6.07, 6.45) is 5.86. The largest absolute Gasteiger partial charge is 0.366 e. The van der Waals surface area contributed by atoms with Crippen LogP contribution >= 0.6 is 0 Å². The van der Waals surface area contributed by atoms with E-state index in [9.17, 15) is 8.42 Å². The smallest absolute Gasteiger partial charge is 0.234 e. The Morgan fingerprint density at radius 3 is 2.82 bits per heavy atom. The Labute approximate surface area is 99.5 Å². The summed E-state index contributed by atoms with van der Waals surface area (Å²) in [5.74, 6) is -0.0508. The number of pyridine rings is 1. The van der Waals surface area contributed by atoms with Gasteiger partial charge in [-0.1, -0.05) is 0 Å². The maximum atomic E-state index is 11.3. The average Bonchev–Trinajstić information content (AvgIpc) is 2.28. The molecule has 0 fully saturated rings. The highest BCUT2D eigenvalue weighted by atomic mass is 32.2. The zero-order valence-electron chi connectivity index (χ0n) is 9.21. The van der Waals surface area contributed by atoms with Gasteiger partial charge >= 0.3 is 0 Å². The number of rotatable bonds is 2. The van der Waals surface area contributed by atoms with Crippen LogP contribution in [0.15, 0.2) is 30.6 Å². The van der Waals surface area contributed by atoms with Gasteiger partial charge in [0.15, 0.2) is 0 Å². The van der Waals surface area contributed by atoms with Gasteiger partial charge in [-0.3, -0.25) is 10.4 Å². The fourth-order valence-corrected chi connectivity index (χ4v) is 2.21. The highest BCUT2D eigenvalue weighted by molar-refractivity contribution is 7.88. The maximum Gasteiger partial charge on any atom is 0.234 e. The lowest BCUT2D eigenvalue weighted by Gasteiger charge is -2.27. The lowest BCUT2D eigenvalue weighted by molar-refractivity contribution is 0.512. The molecule has 0 bridgehead atoms. The summed E-state index contributed by atoms with van der Waals surface area (Å²) in [5, 5.41) is 10.6. The van der Waals surface area contributed by atoms with Crippen LogP contribution in [0.2, 0.25) is 0 Å². The van der Waals surface area contributed by atoms with Crippen molar-refractivity contribution in [1.82, 2.24) is 14.6 Å². The molecule has 0 radical (unpaired) electrons. The third-order valence-corrected chi connectivity index (χ3v) is 3.46. The molecule has 0 unspecified atom stereocenters. The molecule has 0 aliphatic carbocycles. The first-order valence-corrected chi connectivity index (χ1v) is 6.75. The summed E-state index contributed by atoms with van der Waals surface area (Å²) in [4.78, 5) is 3.97. The molecule has 0 spiro atoms. The van der Waals surface area contributed by atoms with Crippen LogP contribution in [0.1, 0.15) is 5.56 Å². The molecule has 2 heterocycles. The quantitative estimate of drug-likeness (QED) is 0.788. The van der Waals surface area contributed by atoms with Crippen LogP contribution in [0.25, 0.3) is 5.70 Å². The van der Waals surface area contributed by atoms with Crippen LogP contribution in [0.4, 0.5) is 0 Å². The fraction of sp³-hybridized carbons (Fsp3) is 0.200. The van der Waals surface area contributed by atoms with Gasteiger partial charge in [0.2, 0.25) is 10.0 Å². The molecule has 90 valence electrons. The van der Waals surface area contributed by atoms with E-state index in [-0.39, 0.29) is 12.5 Å². The fourth-order valence-electron chi connectivity index (χ4n) is 1.51. The third kappa shape index (κ3) is 2.44. The molecule has 0 atom stereocenters. The van der Waals surface area contributed by atoms with E-state index in [1.54, 1.807) is 18.5 Å². The van der Waals surface area contributed by atoms with Gasteiger partial charge in [0.25, 0.3) is 0 Å². The number of amidine groups is 1. The van der Waals surface area contributed by atoms with Crippen molar-refractivity contribution in [3.63, 3.8) is 0 Å². The minimum Gasteiger partial charge on any atom is -0.366 e. The minimum atomic E-state index is -3.39. The highest BCUT2D eigenvalue weighted by Gasteiger charge is 2.23. The molecule has 1 aliphatic rings. The van der Waals surface area contributed by atoms with Gasteiger partial charge in [-0.15, -0.1) is 0 Å². The molecule has 1 aromatic rings. The molecule has 17 heavy (non-hydrogen) atoms. The van der Waals surface area contributed by atoms with E-state index in [1.165, 1.54) is 6.08 Å². The van der Waals surface area contributed by atoms with Crippen molar-refractivity contribution in [1.29, 1.82) is 5.41 Å². The topological polar surface area (TPSA) is 86.2 Å². The van der Waals surface area contributed by atoms with Crippen LogP contribution in [0, 0.1) is 5.41 Å². The summed E-state index contributed by atoms with van der Waals surface area (Å²) in [6, 6.07) is 3.62. The van der Waals surface area contributed by atoms with Crippen LogP contribution in [-0.4, -0.2) is 36.5 Å². The summed E-state index contributed by atoms with van der Waals surface area (Å²) < 4.78 is 23.7. The molecule has 0 saturated carbocycles. The summed E-state index contributed by atoms with van der Waals surface area (Å²) in [5.41, 5.74) is 1.52. The number of hydrogen-bond donors (Lipinski definition) is 2. The summed E-state index contributed by atoms with van der Waals surface area (Å²) >= 11 is 0. The van der Waals surface area contributed by atoms with Gasteiger partial charge < -0.3 is 5.32 Å². The lowest BCUT2D eigenvalue weighted by atomic mass is 10.2. The zero-order valence-corrected chi connectivity index (χ0v) is 10.0. The van der Waals surface area contributed by atoms with Crippen LogP contribution < -0.4 is 5.32 Å². The molecule has 6 nitrogen and oxygen atoms in total. The van der Waals surface area contributed by atoms with Crippen molar-refractivity contribution >= 4 is 21.6 Å². The number of hydrogen-bond acceptors (Lipinski definition) is 5. The van der Waals surface area contributed by atoms with Crippen molar-refractivity contribution in [2.24, 2.45) is 0 Å². The predicted molar refractivity (Wildman–Crippen MR) is 64.6 cm³/mol. The Hall–Kier alpha value is -1.89. The first kappa shape index (κ1) is 11.6. The van der Waals surface area contributed by atoms with Gasteiger partial charge in [-0.2, -0.15) is 0 Å². The molecule has 0 amide bonds. The Balaban J connectivity index is 2.30. The second-order valence-electron chi connectivity index (χ2n) is 3.63. The average molecular weight is 252 g/mol. The first-order valence-electron chi connectivity index (χ1n) is 4.91. The van der Waals surface area contributed by atoms with Gasteiger partial charge in [-0.05, 0) is 12.1 Å². The van der Waals surface area contributed by atoms with E-state index in [0.29, 0.717) is 5.70 Å². The lowest BCUT2D eigenvalue weighted by Crippen LogP contribution is -2.44. The molecule has 1 aliphatic heterocycles. The second-order valence-corrected chi connectivity index (χ2v) is 5.54. The van der Waals surface area contributed by atoms with Gasteiger partial charge in [-0.25, -0.2) is 12.7 Å².